The van der Waals surface area contributed by atoms with E-state index < -0.39 is 6.36 Å². The number of aryl methyl sites for hydroxylation is 1. The van der Waals surface area contributed by atoms with Gasteiger partial charge < -0.3 is 20.5 Å². The van der Waals surface area contributed by atoms with Crippen molar-refractivity contribution in [2.24, 2.45) is 10.7 Å². The van der Waals surface area contributed by atoms with Crippen molar-refractivity contribution in [3.8, 4) is 5.75 Å². The lowest BCUT2D eigenvalue weighted by molar-refractivity contribution is -0.274. The van der Waals surface area contributed by atoms with Crippen molar-refractivity contribution in [1.29, 1.82) is 0 Å². The summed E-state index contributed by atoms with van der Waals surface area (Å²) in [6, 6.07) is 13.9. The summed E-state index contributed by atoms with van der Waals surface area (Å²) in [6.45, 7) is 5.19. The molecule has 1 heterocycles. The summed E-state index contributed by atoms with van der Waals surface area (Å²) in [5.74, 6) is -0.356. The van der Waals surface area contributed by atoms with Gasteiger partial charge in [0.15, 0.2) is 11.7 Å². The molecule has 2 aromatic carbocycles. The Bertz CT molecular complexity index is 856. The Morgan fingerprint density at radius 3 is 2.45 bits per heavy atom. The summed E-state index contributed by atoms with van der Waals surface area (Å²) in [6.07, 6.45) is -4.80. The van der Waals surface area contributed by atoms with Gasteiger partial charge in [-0.3, -0.25) is 9.89 Å². The highest BCUT2D eigenvalue weighted by atomic mass is 127. The van der Waals surface area contributed by atoms with E-state index in [0.29, 0.717) is 19.8 Å². The third kappa shape index (κ3) is 7.86. The maximum Gasteiger partial charge on any atom is 0.573 e. The molecule has 0 radical (unpaired) electrons. The normalized spacial score (nSPS) is 16.3. The standard InChI is InChI=1S/C21H25F3N4O2.HI/c1-15-6-8-16(9-7-15)18(28-10-12-29-13-11-28)14-26-20(25)27-17-4-2-3-5-19(17)30-21(22,23)24;/h2-9,18H,10-14H2,1H3,(H3,25,26,27);1H. The first-order chi connectivity index (χ1) is 14.3. The quantitative estimate of drug-likeness (QED) is 0.319. The van der Waals surface area contributed by atoms with E-state index in [1.54, 1.807) is 6.07 Å². The minimum Gasteiger partial charge on any atom is -0.404 e. The topological polar surface area (TPSA) is 72.1 Å². The van der Waals surface area contributed by atoms with E-state index in [9.17, 15) is 13.2 Å². The maximum atomic E-state index is 12.6. The zero-order chi connectivity index (χ0) is 21.6. The average Bonchev–Trinajstić information content (AvgIpc) is 2.71. The van der Waals surface area contributed by atoms with Gasteiger partial charge in [0.2, 0.25) is 0 Å². The molecular formula is C21H26F3IN4O2. The molecule has 1 fully saturated rings. The lowest BCUT2D eigenvalue weighted by atomic mass is 10.0. The zero-order valence-corrected chi connectivity index (χ0v) is 19.4. The number of benzene rings is 2. The van der Waals surface area contributed by atoms with Gasteiger partial charge in [-0.1, -0.05) is 42.0 Å². The summed E-state index contributed by atoms with van der Waals surface area (Å²) in [5.41, 5.74) is 8.32. The highest BCUT2D eigenvalue weighted by Gasteiger charge is 2.32. The molecule has 31 heavy (non-hydrogen) atoms. The number of rotatable bonds is 6. The maximum absolute atomic E-state index is 12.6. The smallest absolute Gasteiger partial charge is 0.404 e. The number of nitrogens with two attached hydrogens (primary N) is 1. The lowest BCUT2D eigenvalue weighted by Gasteiger charge is -2.34. The fourth-order valence-electron chi connectivity index (χ4n) is 3.26. The zero-order valence-electron chi connectivity index (χ0n) is 17.1. The fourth-order valence-corrected chi connectivity index (χ4v) is 3.26. The first-order valence-corrected chi connectivity index (χ1v) is 9.62. The van der Waals surface area contributed by atoms with Crippen molar-refractivity contribution >= 4 is 35.6 Å². The van der Waals surface area contributed by atoms with Crippen molar-refractivity contribution in [3.05, 3.63) is 59.7 Å². The Kier molecular flexibility index (Phi) is 9.38. The molecule has 1 saturated heterocycles. The van der Waals surface area contributed by atoms with Crippen LogP contribution < -0.4 is 15.8 Å². The van der Waals surface area contributed by atoms with E-state index in [4.69, 9.17) is 10.5 Å². The van der Waals surface area contributed by atoms with Crippen LogP contribution in [0.15, 0.2) is 53.5 Å². The van der Waals surface area contributed by atoms with Crippen molar-refractivity contribution < 1.29 is 22.6 Å². The largest absolute Gasteiger partial charge is 0.573 e. The van der Waals surface area contributed by atoms with Crippen LogP contribution in [-0.2, 0) is 4.74 Å². The number of para-hydroxylation sites is 2. The molecule has 1 aliphatic heterocycles. The number of anilines is 1. The van der Waals surface area contributed by atoms with E-state index >= 15 is 0 Å². The van der Waals surface area contributed by atoms with Crippen LogP contribution in [0.3, 0.4) is 0 Å². The number of guanidine groups is 1. The number of hydrogen-bond acceptors (Lipinski definition) is 4. The minimum absolute atomic E-state index is 0. The van der Waals surface area contributed by atoms with Crippen LogP contribution >= 0.6 is 24.0 Å². The molecule has 3 N–H and O–H groups in total. The third-order valence-electron chi connectivity index (χ3n) is 4.76. The Hall–Kier alpha value is -2.05. The summed E-state index contributed by atoms with van der Waals surface area (Å²) >= 11 is 0. The van der Waals surface area contributed by atoms with Gasteiger partial charge in [0.05, 0.1) is 31.5 Å². The van der Waals surface area contributed by atoms with Crippen molar-refractivity contribution in [2.45, 2.75) is 19.3 Å². The second kappa shape index (κ2) is 11.5. The number of aliphatic imine (C=N–C) groups is 1. The highest BCUT2D eigenvalue weighted by Crippen LogP contribution is 2.30. The van der Waals surface area contributed by atoms with Gasteiger partial charge in [0, 0.05) is 13.1 Å². The molecule has 1 atom stereocenters. The van der Waals surface area contributed by atoms with Gasteiger partial charge in [-0.2, -0.15) is 0 Å². The van der Waals surface area contributed by atoms with E-state index in [1.165, 1.54) is 18.2 Å². The number of nitrogens with one attached hydrogen (secondary N) is 1. The number of morpholine rings is 1. The Labute approximate surface area is 196 Å². The SMILES string of the molecule is Cc1ccc(C(CN=C(N)Nc2ccccc2OC(F)(F)F)N2CCOCC2)cc1.I. The number of nitrogens with zero attached hydrogens (tertiary/aromatic N) is 2. The van der Waals surface area contributed by atoms with Crippen LogP contribution in [-0.4, -0.2) is 50.1 Å². The molecule has 0 saturated carbocycles. The Balaban J connectivity index is 0.00000341. The lowest BCUT2D eigenvalue weighted by Crippen LogP contribution is -2.40. The van der Waals surface area contributed by atoms with Crippen molar-refractivity contribution in [1.82, 2.24) is 4.90 Å². The number of ether oxygens (including phenoxy) is 2. The van der Waals surface area contributed by atoms with Crippen LogP contribution in [0.4, 0.5) is 18.9 Å². The first kappa shape index (κ1) is 25.2. The van der Waals surface area contributed by atoms with Crippen LogP contribution in [0.2, 0.25) is 0 Å². The van der Waals surface area contributed by atoms with Gasteiger partial charge in [-0.25, -0.2) is 0 Å². The molecule has 0 aliphatic carbocycles. The van der Waals surface area contributed by atoms with Crippen molar-refractivity contribution in [3.63, 3.8) is 0 Å². The minimum atomic E-state index is -4.80. The van der Waals surface area contributed by atoms with E-state index in [2.05, 4.69) is 32.1 Å². The summed E-state index contributed by atoms with van der Waals surface area (Å²) in [4.78, 5) is 6.66. The van der Waals surface area contributed by atoms with Crippen LogP contribution in [0.5, 0.6) is 5.75 Å². The van der Waals surface area contributed by atoms with Gasteiger partial charge in [0.25, 0.3) is 0 Å². The molecule has 0 amide bonds. The summed E-state index contributed by atoms with van der Waals surface area (Å²) in [5, 5.41) is 2.71. The molecule has 1 aliphatic rings. The number of hydrogen-bond donors (Lipinski definition) is 2. The van der Waals surface area contributed by atoms with Crippen LogP contribution in [0.25, 0.3) is 0 Å². The van der Waals surface area contributed by atoms with Gasteiger partial charge in [-0.15, -0.1) is 37.1 Å². The molecule has 0 bridgehead atoms. The molecule has 6 nitrogen and oxygen atoms in total. The second-order valence-electron chi connectivity index (χ2n) is 6.97. The second-order valence-corrected chi connectivity index (χ2v) is 6.97. The Morgan fingerprint density at radius 1 is 1.16 bits per heavy atom. The van der Waals surface area contributed by atoms with Crippen molar-refractivity contribution in [2.75, 3.05) is 38.2 Å². The van der Waals surface area contributed by atoms with E-state index in [-0.39, 0.29) is 47.4 Å². The fraction of sp³-hybridized carbons (Fsp3) is 0.381. The molecule has 10 heteroatoms. The summed E-state index contributed by atoms with van der Waals surface area (Å²) in [7, 11) is 0. The van der Waals surface area contributed by atoms with E-state index in [1.807, 2.05) is 19.1 Å². The average molecular weight is 550 g/mol. The molecule has 2 aromatic rings. The monoisotopic (exact) mass is 550 g/mol. The molecule has 1 unspecified atom stereocenters. The van der Waals surface area contributed by atoms with Gasteiger partial charge in [0.1, 0.15) is 0 Å². The van der Waals surface area contributed by atoms with Crippen LogP contribution in [0, 0.1) is 6.92 Å². The van der Waals surface area contributed by atoms with Crippen LogP contribution in [0.1, 0.15) is 17.2 Å². The number of halogens is 4. The molecule has 3 rings (SSSR count). The summed E-state index contributed by atoms with van der Waals surface area (Å²) < 4.78 is 47.3. The number of alkyl halides is 3. The predicted molar refractivity (Wildman–Crippen MR) is 125 cm³/mol. The predicted octanol–water partition coefficient (Wildman–Crippen LogP) is 4.31. The van der Waals surface area contributed by atoms with E-state index in [0.717, 1.165) is 24.2 Å². The Morgan fingerprint density at radius 2 is 1.81 bits per heavy atom. The first-order valence-electron chi connectivity index (χ1n) is 9.62. The molecule has 0 aromatic heterocycles. The molecule has 170 valence electrons. The third-order valence-corrected chi connectivity index (χ3v) is 4.76. The van der Waals surface area contributed by atoms with Gasteiger partial charge >= 0.3 is 6.36 Å². The molecular weight excluding hydrogens is 524 g/mol. The highest BCUT2D eigenvalue weighted by molar-refractivity contribution is 14.0. The molecule has 0 spiro atoms. The van der Waals surface area contributed by atoms with Gasteiger partial charge in [-0.05, 0) is 24.6 Å².